The summed E-state index contributed by atoms with van der Waals surface area (Å²) < 4.78 is 2.10. The zero-order chi connectivity index (χ0) is 15.0. The molecule has 2 aromatic carbocycles. The third kappa shape index (κ3) is 2.77. The first-order valence-electron chi connectivity index (χ1n) is 6.38. The van der Waals surface area contributed by atoms with Gasteiger partial charge in [-0.15, -0.1) is 0 Å². The second-order valence-electron chi connectivity index (χ2n) is 4.78. The molecule has 0 aliphatic heterocycles. The van der Waals surface area contributed by atoms with Gasteiger partial charge >= 0.3 is 0 Å². The monoisotopic (exact) mass is 334 g/mol. The second-order valence-corrected chi connectivity index (χ2v) is 6.04. The fraction of sp³-hybridized carbons (Fsp3) is 0.0625. The van der Waals surface area contributed by atoms with Gasteiger partial charge in [0.15, 0.2) is 0 Å². The van der Waals surface area contributed by atoms with E-state index in [4.69, 9.17) is 41.2 Å². The number of benzene rings is 2. The molecule has 0 fully saturated rings. The Labute approximate surface area is 138 Å². The van der Waals surface area contributed by atoms with Crippen LogP contribution in [0.25, 0.3) is 10.9 Å². The SMILES string of the molecule is NC(=S)c1ccc2c(ccn2Cc2c(Cl)cccc2Cl)c1. The van der Waals surface area contributed by atoms with Crippen molar-refractivity contribution in [3.63, 3.8) is 0 Å². The zero-order valence-electron chi connectivity index (χ0n) is 11.0. The quantitative estimate of drug-likeness (QED) is 0.708. The first-order chi connectivity index (χ1) is 10.1. The van der Waals surface area contributed by atoms with Crippen molar-refractivity contribution >= 4 is 51.3 Å². The topological polar surface area (TPSA) is 30.9 Å². The third-order valence-corrected chi connectivity index (χ3v) is 4.39. The number of nitrogens with two attached hydrogens (primary N) is 1. The molecule has 2 nitrogen and oxygen atoms in total. The molecular weight excluding hydrogens is 323 g/mol. The molecule has 0 saturated carbocycles. The standard InChI is InChI=1S/C16H12Cl2N2S/c17-13-2-1-3-14(18)12(13)9-20-7-6-10-8-11(16(19)21)4-5-15(10)20/h1-8H,9H2,(H2,19,21). The molecule has 0 unspecified atom stereocenters. The van der Waals surface area contributed by atoms with Gasteiger partial charge in [0.05, 0.1) is 6.54 Å². The van der Waals surface area contributed by atoms with Crippen molar-refractivity contribution in [3.05, 3.63) is 69.8 Å². The Kier molecular flexibility index (Phi) is 3.89. The molecule has 0 amide bonds. The van der Waals surface area contributed by atoms with E-state index in [1.807, 2.05) is 48.7 Å². The Balaban J connectivity index is 2.04. The van der Waals surface area contributed by atoms with Crippen LogP contribution < -0.4 is 5.73 Å². The number of rotatable bonds is 3. The summed E-state index contributed by atoms with van der Waals surface area (Å²) in [4.78, 5) is 0.402. The minimum absolute atomic E-state index is 0.402. The van der Waals surface area contributed by atoms with Crippen LogP contribution >= 0.6 is 35.4 Å². The summed E-state index contributed by atoms with van der Waals surface area (Å²) in [5, 5.41) is 2.43. The highest BCUT2D eigenvalue weighted by molar-refractivity contribution is 7.80. The number of thiocarbonyl (C=S) groups is 1. The summed E-state index contributed by atoms with van der Waals surface area (Å²) in [6, 6.07) is 13.5. The molecular formula is C16H12Cl2N2S. The van der Waals surface area contributed by atoms with Gasteiger partial charge in [0, 0.05) is 38.3 Å². The van der Waals surface area contributed by atoms with Gasteiger partial charge in [0.1, 0.15) is 4.99 Å². The number of fused-ring (bicyclic) bond motifs is 1. The molecule has 0 aliphatic rings. The summed E-state index contributed by atoms with van der Waals surface area (Å²) >= 11 is 17.5. The minimum atomic E-state index is 0.402. The van der Waals surface area contributed by atoms with Gasteiger partial charge in [-0.3, -0.25) is 0 Å². The van der Waals surface area contributed by atoms with Crippen LogP contribution in [0.5, 0.6) is 0 Å². The number of halogens is 2. The van der Waals surface area contributed by atoms with Crippen LogP contribution in [0.4, 0.5) is 0 Å². The van der Waals surface area contributed by atoms with Crippen molar-refractivity contribution in [2.75, 3.05) is 0 Å². The summed E-state index contributed by atoms with van der Waals surface area (Å²) in [5.41, 5.74) is 8.53. The van der Waals surface area contributed by atoms with Crippen LogP contribution in [0.15, 0.2) is 48.7 Å². The maximum Gasteiger partial charge on any atom is 0.104 e. The van der Waals surface area contributed by atoms with E-state index < -0.39 is 0 Å². The van der Waals surface area contributed by atoms with E-state index in [0.717, 1.165) is 22.0 Å². The number of hydrogen-bond donors (Lipinski definition) is 1. The highest BCUT2D eigenvalue weighted by Crippen LogP contribution is 2.27. The summed E-state index contributed by atoms with van der Waals surface area (Å²) in [6.07, 6.45) is 2.01. The molecule has 0 saturated heterocycles. The summed E-state index contributed by atoms with van der Waals surface area (Å²) in [5.74, 6) is 0. The zero-order valence-corrected chi connectivity index (χ0v) is 13.3. The van der Waals surface area contributed by atoms with Crippen molar-refractivity contribution in [3.8, 4) is 0 Å². The van der Waals surface area contributed by atoms with Gasteiger partial charge in [0.2, 0.25) is 0 Å². The van der Waals surface area contributed by atoms with Gasteiger partial charge in [-0.05, 0) is 36.4 Å². The van der Waals surface area contributed by atoms with E-state index in [1.54, 1.807) is 0 Å². The summed E-state index contributed by atoms with van der Waals surface area (Å²) in [6.45, 7) is 0.619. The van der Waals surface area contributed by atoms with E-state index in [1.165, 1.54) is 0 Å². The molecule has 1 heterocycles. The molecule has 2 N–H and O–H groups in total. The lowest BCUT2D eigenvalue weighted by Crippen LogP contribution is -2.08. The van der Waals surface area contributed by atoms with Crippen LogP contribution in [-0.2, 0) is 6.54 Å². The second kappa shape index (κ2) is 5.68. The normalized spacial score (nSPS) is 11.0. The largest absolute Gasteiger partial charge is 0.389 e. The van der Waals surface area contributed by atoms with Gasteiger partial charge < -0.3 is 10.3 Å². The van der Waals surface area contributed by atoms with Crippen molar-refractivity contribution in [2.24, 2.45) is 5.73 Å². The Morgan fingerprint density at radius 1 is 1.10 bits per heavy atom. The van der Waals surface area contributed by atoms with Crippen LogP contribution in [0.2, 0.25) is 10.0 Å². The van der Waals surface area contributed by atoms with E-state index in [-0.39, 0.29) is 0 Å². The van der Waals surface area contributed by atoms with Crippen molar-refractivity contribution < 1.29 is 0 Å². The molecule has 0 spiro atoms. The Bertz CT molecular complexity index is 819. The molecule has 0 aliphatic carbocycles. The number of hydrogen-bond acceptors (Lipinski definition) is 1. The molecule has 0 bridgehead atoms. The maximum absolute atomic E-state index is 6.23. The van der Waals surface area contributed by atoms with Crippen LogP contribution in [-0.4, -0.2) is 9.56 Å². The summed E-state index contributed by atoms with van der Waals surface area (Å²) in [7, 11) is 0. The van der Waals surface area contributed by atoms with Crippen molar-refractivity contribution in [2.45, 2.75) is 6.54 Å². The third-order valence-electron chi connectivity index (χ3n) is 3.45. The molecule has 106 valence electrons. The average Bonchev–Trinajstić information content (AvgIpc) is 2.85. The lowest BCUT2D eigenvalue weighted by molar-refractivity contribution is 0.837. The predicted molar refractivity (Wildman–Crippen MR) is 93.4 cm³/mol. The Hall–Kier alpha value is -1.55. The molecule has 21 heavy (non-hydrogen) atoms. The lowest BCUT2D eigenvalue weighted by atomic mass is 10.1. The smallest absolute Gasteiger partial charge is 0.104 e. The van der Waals surface area contributed by atoms with Crippen LogP contribution in [0.1, 0.15) is 11.1 Å². The first kappa shape index (κ1) is 14.4. The molecule has 0 radical (unpaired) electrons. The molecule has 0 atom stereocenters. The Morgan fingerprint density at radius 2 is 1.81 bits per heavy atom. The van der Waals surface area contributed by atoms with Gasteiger partial charge in [-0.1, -0.05) is 41.5 Å². The molecule has 1 aromatic heterocycles. The van der Waals surface area contributed by atoms with Crippen molar-refractivity contribution in [1.82, 2.24) is 4.57 Å². The highest BCUT2D eigenvalue weighted by atomic mass is 35.5. The van der Waals surface area contributed by atoms with Gasteiger partial charge in [-0.2, -0.15) is 0 Å². The van der Waals surface area contributed by atoms with E-state index in [0.29, 0.717) is 21.6 Å². The lowest BCUT2D eigenvalue weighted by Gasteiger charge is -2.10. The van der Waals surface area contributed by atoms with Gasteiger partial charge in [-0.25, -0.2) is 0 Å². The van der Waals surface area contributed by atoms with Crippen LogP contribution in [0.3, 0.4) is 0 Å². The molecule has 5 heteroatoms. The maximum atomic E-state index is 6.23. The fourth-order valence-corrected chi connectivity index (χ4v) is 2.99. The van der Waals surface area contributed by atoms with E-state index in [2.05, 4.69) is 4.57 Å². The van der Waals surface area contributed by atoms with Crippen LogP contribution in [0, 0.1) is 0 Å². The molecule has 3 aromatic rings. The Morgan fingerprint density at radius 3 is 2.48 bits per heavy atom. The van der Waals surface area contributed by atoms with E-state index in [9.17, 15) is 0 Å². The number of aromatic nitrogens is 1. The fourth-order valence-electron chi connectivity index (χ4n) is 2.35. The highest BCUT2D eigenvalue weighted by Gasteiger charge is 2.09. The average molecular weight is 335 g/mol. The van der Waals surface area contributed by atoms with E-state index >= 15 is 0 Å². The predicted octanol–water partition coefficient (Wildman–Crippen LogP) is 4.63. The van der Waals surface area contributed by atoms with Gasteiger partial charge in [0.25, 0.3) is 0 Å². The minimum Gasteiger partial charge on any atom is -0.389 e. The number of nitrogens with zero attached hydrogens (tertiary/aromatic N) is 1. The van der Waals surface area contributed by atoms with Crippen molar-refractivity contribution in [1.29, 1.82) is 0 Å². The first-order valence-corrected chi connectivity index (χ1v) is 7.54. The molecule has 3 rings (SSSR count).